The zero-order chi connectivity index (χ0) is 35.2. The van der Waals surface area contributed by atoms with Crippen LogP contribution in [0, 0.1) is 5.92 Å². The summed E-state index contributed by atoms with van der Waals surface area (Å²) in [5, 5.41) is 22.9. The Labute approximate surface area is 283 Å². The maximum absolute atomic E-state index is 14.3. The fourth-order valence-electron chi connectivity index (χ4n) is 6.83. The molecule has 3 aliphatic rings. The monoisotopic (exact) mass is 682 g/mol. The number of hydrogen-bond acceptors (Lipinski definition) is 8. The van der Waals surface area contributed by atoms with E-state index in [0.717, 1.165) is 21.4 Å². The summed E-state index contributed by atoms with van der Waals surface area (Å²) < 4.78 is 5.80. The fourth-order valence-corrected chi connectivity index (χ4v) is 6.83. The number of nitrogens with one attached hydrogen (secondary N) is 5. The first-order valence-electron chi connectivity index (χ1n) is 16.8. The molecule has 0 aliphatic carbocycles. The van der Waals surface area contributed by atoms with E-state index in [0.29, 0.717) is 19.3 Å². The van der Waals surface area contributed by atoms with Crippen LogP contribution in [0.5, 0.6) is 0 Å². The van der Waals surface area contributed by atoms with E-state index in [-0.39, 0.29) is 38.5 Å². The Bertz CT molecular complexity index is 1560. The molecule has 266 valence electrons. The van der Waals surface area contributed by atoms with E-state index in [9.17, 15) is 33.9 Å². The first-order valence-corrected chi connectivity index (χ1v) is 16.8. The molecule has 0 spiro atoms. The van der Waals surface area contributed by atoms with Crippen LogP contribution in [0.4, 0.5) is 4.79 Å². The molecule has 1 aromatic heterocycles. The highest BCUT2D eigenvalue weighted by Crippen LogP contribution is 2.24. The Balaban J connectivity index is 1.50. The zero-order valence-corrected chi connectivity index (χ0v) is 27.8. The molecule has 16 heteroatoms. The smallest absolute Gasteiger partial charge is 0.312 e. The van der Waals surface area contributed by atoms with Crippen molar-refractivity contribution in [3.63, 3.8) is 0 Å². The first-order chi connectivity index (χ1) is 23.4. The molecule has 0 unspecified atom stereocenters. The van der Waals surface area contributed by atoms with Gasteiger partial charge in [-0.1, -0.05) is 32.0 Å². The van der Waals surface area contributed by atoms with Crippen LogP contribution < -0.4 is 27.0 Å². The average molecular weight is 683 g/mol. The number of aromatic amines is 1. The number of nitrogens with two attached hydrogens (primary N) is 1. The van der Waals surface area contributed by atoms with E-state index >= 15 is 0 Å². The van der Waals surface area contributed by atoms with Crippen LogP contribution in [0.2, 0.25) is 0 Å². The lowest BCUT2D eigenvalue weighted by Gasteiger charge is -2.38. The van der Waals surface area contributed by atoms with Crippen molar-refractivity contribution in [2.24, 2.45) is 11.7 Å². The number of rotatable bonds is 6. The van der Waals surface area contributed by atoms with Crippen molar-refractivity contribution in [1.82, 2.24) is 36.1 Å². The predicted octanol–water partition coefficient (Wildman–Crippen LogP) is -1.14. The van der Waals surface area contributed by atoms with Crippen molar-refractivity contribution in [1.29, 1.82) is 0 Å². The van der Waals surface area contributed by atoms with Gasteiger partial charge < -0.3 is 51.6 Å². The standard InChI is InChI=1S/C33H46N8O8/c1-18(2)12-23-30(45)38-22-9-11-49-26(29(22)44)16-40(28(43)15-36-33(34)48)17-27(42)37-24(13-19-14-35-21-7-4-3-6-20(19)21)32(47)41-10-5-8-25(41)31(46)39-23/h3-4,6-7,14,18,22-26,29,35,44H,5,8-13,15-17H2,1-2H3,(H,37,42)(H,38,45)(H,39,46)(H3,34,36,48)/t22-,23+,24+,25+,26+,29-/m0/s1. The number of carbonyl (C=O) groups is 6. The third-order valence-electron chi connectivity index (χ3n) is 9.29. The van der Waals surface area contributed by atoms with Gasteiger partial charge in [0.15, 0.2) is 0 Å². The number of amides is 7. The molecule has 4 heterocycles. The Morgan fingerprint density at radius 2 is 1.84 bits per heavy atom. The van der Waals surface area contributed by atoms with Gasteiger partial charge in [0.2, 0.25) is 29.5 Å². The topological polar surface area (TPSA) is 228 Å². The molecule has 5 rings (SSSR count). The number of primary amides is 1. The van der Waals surface area contributed by atoms with E-state index in [4.69, 9.17) is 10.5 Å². The van der Waals surface area contributed by atoms with Crippen molar-refractivity contribution < 1.29 is 38.6 Å². The zero-order valence-electron chi connectivity index (χ0n) is 27.8. The van der Waals surface area contributed by atoms with E-state index in [2.05, 4.69) is 26.3 Å². The van der Waals surface area contributed by atoms with Crippen molar-refractivity contribution in [3.05, 3.63) is 36.0 Å². The van der Waals surface area contributed by atoms with Crippen LogP contribution >= 0.6 is 0 Å². The Morgan fingerprint density at radius 3 is 2.59 bits per heavy atom. The van der Waals surface area contributed by atoms with Crippen LogP contribution in [-0.2, 0) is 35.1 Å². The van der Waals surface area contributed by atoms with Crippen LogP contribution in [-0.4, -0.2) is 125 Å². The predicted molar refractivity (Wildman–Crippen MR) is 177 cm³/mol. The molecule has 0 radical (unpaired) electrons. The summed E-state index contributed by atoms with van der Waals surface area (Å²) >= 11 is 0. The number of aliphatic hydroxyl groups is 1. The number of hydrogen-bond donors (Lipinski definition) is 7. The molecule has 2 aromatic rings. The molecular formula is C33H46N8O8. The number of nitrogens with zero attached hydrogens (tertiary/aromatic N) is 2. The number of aromatic nitrogens is 1. The molecule has 3 aliphatic heterocycles. The quantitative estimate of drug-likeness (QED) is 0.197. The highest BCUT2D eigenvalue weighted by molar-refractivity contribution is 5.96. The minimum absolute atomic E-state index is 0.0307. The number of ether oxygens (including phenoxy) is 1. The Hall–Kier alpha value is -4.70. The third kappa shape index (κ3) is 8.67. The van der Waals surface area contributed by atoms with Crippen molar-refractivity contribution in [3.8, 4) is 0 Å². The summed E-state index contributed by atoms with van der Waals surface area (Å²) in [4.78, 5) is 85.8. The Kier molecular flexibility index (Phi) is 11.4. The molecule has 2 bridgehead atoms. The maximum Gasteiger partial charge on any atom is 0.312 e. The summed E-state index contributed by atoms with van der Waals surface area (Å²) in [6.07, 6.45) is 1.07. The van der Waals surface area contributed by atoms with E-state index in [1.54, 1.807) is 6.20 Å². The lowest BCUT2D eigenvalue weighted by Crippen LogP contribution is -2.60. The van der Waals surface area contributed by atoms with Crippen molar-refractivity contribution >= 4 is 46.5 Å². The molecule has 0 saturated carbocycles. The lowest BCUT2D eigenvalue weighted by atomic mass is 9.97. The number of fused-ring (bicyclic) bond motifs is 4. The SMILES string of the molecule is CC(C)C[C@H]1NC(=O)[C@H]2CCCN2C(=O)[C@@H](Cc2c[nH]c3ccccc23)NC(=O)CN(C(=O)CNC(N)=O)C[C@H]2OCC[C@H](NC1=O)[C@@H]2O. The molecule has 49 heavy (non-hydrogen) atoms. The molecule has 3 saturated heterocycles. The number of H-pyrrole nitrogens is 1. The summed E-state index contributed by atoms with van der Waals surface area (Å²) in [5.74, 6) is -2.77. The van der Waals surface area contributed by atoms with Gasteiger partial charge >= 0.3 is 6.03 Å². The van der Waals surface area contributed by atoms with Crippen molar-refractivity contribution in [2.45, 2.75) is 82.3 Å². The number of carbonyl (C=O) groups excluding carboxylic acids is 6. The normalized spacial score (nSPS) is 27.3. The molecule has 7 amide bonds. The number of benzene rings is 1. The van der Waals surface area contributed by atoms with Gasteiger partial charge in [-0.3, -0.25) is 24.0 Å². The van der Waals surface area contributed by atoms with E-state index in [1.165, 1.54) is 4.90 Å². The number of para-hydroxylation sites is 1. The van der Waals surface area contributed by atoms with E-state index in [1.807, 2.05) is 38.1 Å². The van der Waals surface area contributed by atoms with Gasteiger partial charge in [-0.15, -0.1) is 0 Å². The van der Waals surface area contributed by atoms with Crippen LogP contribution in [0.15, 0.2) is 30.5 Å². The summed E-state index contributed by atoms with van der Waals surface area (Å²) in [6, 6.07) is 2.89. The van der Waals surface area contributed by atoms with Gasteiger partial charge in [0.05, 0.1) is 25.7 Å². The lowest BCUT2D eigenvalue weighted by molar-refractivity contribution is -0.145. The number of aliphatic hydroxyl groups excluding tert-OH is 1. The summed E-state index contributed by atoms with van der Waals surface area (Å²) in [5.41, 5.74) is 6.78. The third-order valence-corrected chi connectivity index (χ3v) is 9.29. The van der Waals surface area contributed by atoms with Gasteiger partial charge in [-0.25, -0.2) is 4.79 Å². The minimum atomic E-state index is -1.27. The minimum Gasteiger partial charge on any atom is -0.388 e. The highest BCUT2D eigenvalue weighted by Gasteiger charge is 2.41. The van der Waals surface area contributed by atoms with Gasteiger partial charge in [0, 0.05) is 36.7 Å². The van der Waals surface area contributed by atoms with Gasteiger partial charge in [-0.05, 0) is 43.2 Å². The number of urea groups is 1. The maximum atomic E-state index is 14.3. The first kappa shape index (κ1) is 35.6. The molecule has 3 fully saturated rings. The molecular weight excluding hydrogens is 636 g/mol. The fraction of sp³-hybridized carbons (Fsp3) is 0.576. The summed E-state index contributed by atoms with van der Waals surface area (Å²) in [6.45, 7) is 2.92. The average Bonchev–Trinajstić information content (AvgIpc) is 3.71. The molecule has 6 atom stereocenters. The molecule has 8 N–H and O–H groups in total. The second-order valence-corrected chi connectivity index (χ2v) is 13.4. The van der Waals surface area contributed by atoms with Crippen LogP contribution in [0.3, 0.4) is 0 Å². The van der Waals surface area contributed by atoms with Gasteiger partial charge in [0.25, 0.3) is 0 Å². The van der Waals surface area contributed by atoms with Crippen LogP contribution in [0.25, 0.3) is 10.9 Å². The molecule has 1 aromatic carbocycles. The molecule has 16 nitrogen and oxygen atoms in total. The largest absolute Gasteiger partial charge is 0.388 e. The second kappa shape index (κ2) is 15.7. The Morgan fingerprint density at radius 1 is 1.06 bits per heavy atom. The van der Waals surface area contributed by atoms with Gasteiger partial charge in [0.1, 0.15) is 30.3 Å². The second-order valence-electron chi connectivity index (χ2n) is 13.4. The summed E-state index contributed by atoms with van der Waals surface area (Å²) in [7, 11) is 0. The van der Waals surface area contributed by atoms with Crippen LogP contribution in [0.1, 0.15) is 45.1 Å². The van der Waals surface area contributed by atoms with Crippen molar-refractivity contribution in [2.75, 3.05) is 32.8 Å². The van der Waals surface area contributed by atoms with E-state index < -0.39 is 85.0 Å². The van der Waals surface area contributed by atoms with Gasteiger partial charge in [-0.2, -0.15) is 0 Å². The highest BCUT2D eigenvalue weighted by atomic mass is 16.5.